The van der Waals surface area contributed by atoms with E-state index >= 15 is 0 Å². The van der Waals surface area contributed by atoms with Crippen LogP contribution >= 0.6 is 11.8 Å². The molecule has 1 aromatic heterocycles. The van der Waals surface area contributed by atoms with Crippen LogP contribution in [0.4, 0.5) is 0 Å². The molecule has 154 valence electrons. The molecule has 6 heteroatoms. The molecular formula is C22H34N4OS. The zero-order chi connectivity index (χ0) is 19.3. The lowest BCUT2D eigenvalue weighted by Crippen LogP contribution is -2.49. The molecule has 0 N–H and O–H groups in total. The van der Waals surface area contributed by atoms with E-state index in [1.54, 1.807) is 11.8 Å². The first-order valence-electron chi connectivity index (χ1n) is 11.3. The first kappa shape index (κ1) is 20.0. The van der Waals surface area contributed by atoms with Crippen LogP contribution in [-0.4, -0.2) is 43.4 Å². The number of thioether (sulfide) groups is 1. The summed E-state index contributed by atoms with van der Waals surface area (Å²) in [5, 5.41) is 9.71. The maximum Gasteiger partial charge on any atom is 0.233 e. The van der Waals surface area contributed by atoms with Crippen LogP contribution in [0.1, 0.15) is 88.8 Å². The molecule has 0 spiro atoms. The molecule has 3 aliphatic rings. The first-order chi connectivity index (χ1) is 13.8. The minimum atomic E-state index is 0.310. The smallest absolute Gasteiger partial charge is 0.233 e. The number of rotatable bonds is 8. The van der Waals surface area contributed by atoms with E-state index in [0.29, 0.717) is 29.7 Å². The van der Waals surface area contributed by atoms with Crippen molar-refractivity contribution in [2.45, 2.75) is 107 Å². The van der Waals surface area contributed by atoms with E-state index in [4.69, 9.17) is 0 Å². The normalized spacial score (nSPS) is 21.6. The van der Waals surface area contributed by atoms with E-state index in [1.165, 1.54) is 77.0 Å². The minimum absolute atomic E-state index is 0.310. The molecule has 0 radical (unpaired) electrons. The number of hydrogen-bond acceptors (Lipinski definition) is 4. The molecule has 0 bridgehead atoms. The van der Waals surface area contributed by atoms with Gasteiger partial charge in [0.05, 0.1) is 5.75 Å². The van der Waals surface area contributed by atoms with Crippen molar-refractivity contribution >= 4 is 17.7 Å². The van der Waals surface area contributed by atoms with Crippen molar-refractivity contribution in [1.82, 2.24) is 19.7 Å². The molecule has 4 rings (SSSR count). The van der Waals surface area contributed by atoms with Crippen LogP contribution in [0.3, 0.4) is 0 Å². The fourth-order valence-corrected chi connectivity index (χ4v) is 5.80. The van der Waals surface area contributed by atoms with Crippen LogP contribution in [-0.2, 0) is 11.3 Å². The highest BCUT2D eigenvalue weighted by atomic mass is 32.2. The third-order valence-corrected chi connectivity index (χ3v) is 7.50. The average molecular weight is 403 g/mol. The van der Waals surface area contributed by atoms with Crippen LogP contribution < -0.4 is 0 Å². The first-order valence-corrected chi connectivity index (χ1v) is 12.2. The predicted molar refractivity (Wildman–Crippen MR) is 114 cm³/mol. The van der Waals surface area contributed by atoms with Gasteiger partial charge in [0.25, 0.3) is 0 Å². The van der Waals surface area contributed by atoms with Gasteiger partial charge in [-0.25, -0.2) is 0 Å². The van der Waals surface area contributed by atoms with Gasteiger partial charge in [0.1, 0.15) is 5.82 Å². The number of nitrogens with zero attached hydrogens (tertiary/aromatic N) is 4. The topological polar surface area (TPSA) is 51.0 Å². The van der Waals surface area contributed by atoms with Gasteiger partial charge >= 0.3 is 0 Å². The van der Waals surface area contributed by atoms with Crippen molar-refractivity contribution in [3.05, 3.63) is 18.5 Å². The Morgan fingerprint density at radius 1 is 1.00 bits per heavy atom. The van der Waals surface area contributed by atoms with Crippen LogP contribution in [0.5, 0.6) is 0 Å². The Morgan fingerprint density at radius 2 is 1.61 bits per heavy atom. The Morgan fingerprint density at radius 3 is 2.14 bits per heavy atom. The van der Waals surface area contributed by atoms with Crippen molar-refractivity contribution in [1.29, 1.82) is 0 Å². The molecule has 3 aliphatic carbocycles. The third kappa shape index (κ3) is 4.64. The molecule has 3 saturated carbocycles. The van der Waals surface area contributed by atoms with Gasteiger partial charge in [0, 0.05) is 24.5 Å². The lowest BCUT2D eigenvalue weighted by Gasteiger charge is -2.41. The summed E-state index contributed by atoms with van der Waals surface area (Å²) in [6, 6.07) is 0.913. The van der Waals surface area contributed by atoms with Gasteiger partial charge in [-0.1, -0.05) is 56.4 Å². The number of hydrogen-bond donors (Lipinski definition) is 0. The fourth-order valence-electron chi connectivity index (χ4n) is 4.98. The third-order valence-electron chi connectivity index (χ3n) is 6.55. The monoisotopic (exact) mass is 402 g/mol. The Hall–Kier alpha value is -1.30. The maximum absolute atomic E-state index is 13.4. The number of carbonyl (C=O) groups is 1. The van der Waals surface area contributed by atoms with Gasteiger partial charge < -0.3 is 9.47 Å². The second-order valence-electron chi connectivity index (χ2n) is 8.69. The number of allylic oxidation sites excluding steroid dienone is 1. The highest BCUT2D eigenvalue weighted by Gasteiger charge is 2.33. The molecular weight excluding hydrogens is 368 g/mol. The summed E-state index contributed by atoms with van der Waals surface area (Å²) in [6.07, 6.45) is 16.8. The minimum Gasteiger partial charge on any atom is -0.336 e. The van der Waals surface area contributed by atoms with Gasteiger partial charge in [-0.3, -0.25) is 4.79 Å². The summed E-state index contributed by atoms with van der Waals surface area (Å²) in [6.45, 7) is 4.61. The fraction of sp³-hybridized carbons (Fsp3) is 0.773. The molecule has 0 unspecified atom stereocenters. The van der Waals surface area contributed by atoms with Gasteiger partial charge in [-0.2, -0.15) is 0 Å². The highest BCUT2D eigenvalue weighted by molar-refractivity contribution is 7.99. The van der Waals surface area contributed by atoms with E-state index in [0.717, 1.165) is 17.5 Å². The molecule has 0 atom stereocenters. The largest absolute Gasteiger partial charge is 0.336 e. The average Bonchev–Trinajstić information content (AvgIpc) is 3.50. The molecule has 0 aliphatic heterocycles. The van der Waals surface area contributed by atoms with Crippen molar-refractivity contribution in [3.63, 3.8) is 0 Å². The van der Waals surface area contributed by atoms with Gasteiger partial charge in [0.15, 0.2) is 5.16 Å². The Bertz CT molecular complexity index is 654. The van der Waals surface area contributed by atoms with Crippen LogP contribution in [0.25, 0.3) is 0 Å². The van der Waals surface area contributed by atoms with Gasteiger partial charge in [0.2, 0.25) is 5.91 Å². The number of aromatic nitrogens is 3. The zero-order valence-electron chi connectivity index (χ0n) is 17.0. The summed E-state index contributed by atoms with van der Waals surface area (Å²) in [5.41, 5.74) is 0. The Balaban J connectivity index is 1.44. The summed E-state index contributed by atoms with van der Waals surface area (Å²) in [5.74, 6) is 2.42. The lowest BCUT2D eigenvalue weighted by molar-refractivity contribution is -0.135. The van der Waals surface area contributed by atoms with E-state index in [1.807, 2.05) is 6.08 Å². The zero-order valence-corrected chi connectivity index (χ0v) is 17.8. The van der Waals surface area contributed by atoms with Crippen LogP contribution in [0.15, 0.2) is 17.8 Å². The molecule has 1 aromatic rings. The van der Waals surface area contributed by atoms with Gasteiger partial charge in [-0.05, 0) is 38.5 Å². The van der Waals surface area contributed by atoms with Crippen molar-refractivity contribution in [3.8, 4) is 0 Å². The molecule has 5 nitrogen and oxygen atoms in total. The van der Waals surface area contributed by atoms with Crippen molar-refractivity contribution < 1.29 is 4.79 Å². The maximum atomic E-state index is 13.4. The van der Waals surface area contributed by atoms with Gasteiger partial charge in [-0.15, -0.1) is 16.8 Å². The van der Waals surface area contributed by atoms with E-state index < -0.39 is 0 Å². The van der Waals surface area contributed by atoms with Crippen LogP contribution in [0, 0.1) is 0 Å². The van der Waals surface area contributed by atoms with Crippen LogP contribution in [0.2, 0.25) is 0 Å². The highest BCUT2D eigenvalue weighted by Crippen LogP contribution is 2.40. The second kappa shape index (κ2) is 9.47. The quantitative estimate of drug-likeness (QED) is 0.457. The molecule has 0 saturated heterocycles. The summed E-state index contributed by atoms with van der Waals surface area (Å²) >= 11 is 1.57. The molecule has 3 fully saturated rings. The molecule has 1 amide bonds. The summed E-state index contributed by atoms with van der Waals surface area (Å²) < 4.78 is 2.16. The van der Waals surface area contributed by atoms with Crippen molar-refractivity contribution in [2.75, 3.05) is 5.75 Å². The lowest BCUT2D eigenvalue weighted by atomic mass is 9.88. The predicted octanol–water partition coefficient (Wildman–Crippen LogP) is 4.93. The van der Waals surface area contributed by atoms with E-state index in [-0.39, 0.29) is 0 Å². The second-order valence-corrected chi connectivity index (χ2v) is 9.63. The number of amides is 1. The number of carbonyl (C=O) groups excluding carboxylic acids is 1. The Labute approximate surface area is 173 Å². The summed E-state index contributed by atoms with van der Waals surface area (Å²) in [4.78, 5) is 15.7. The Kier molecular flexibility index (Phi) is 6.76. The SMILES string of the molecule is C=CCn1c(SCC(=O)N(C2CCCCC2)C2CCCCC2)nnc1C1CC1. The standard InChI is InChI=1S/C22H34N4OS/c1-2-15-25-21(17-13-14-17)23-24-22(25)28-16-20(27)26(18-9-5-3-6-10-18)19-11-7-4-8-12-19/h2,17-19H,1,3-16H2. The van der Waals surface area contributed by atoms with Crippen molar-refractivity contribution in [2.24, 2.45) is 0 Å². The van der Waals surface area contributed by atoms with E-state index in [2.05, 4.69) is 26.2 Å². The molecule has 28 heavy (non-hydrogen) atoms. The molecule has 1 heterocycles. The molecule has 0 aromatic carbocycles. The summed E-state index contributed by atoms with van der Waals surface area (Å²) in [7, 11) is 0. The van der Waals surface area contributed by atoms with E-state index in [9.17, 15) is 4.79 Å².